The Kier molecular flexibility index (Phi) is 3.36. The summed E-state index contributed by atoms with van der Waals surface area (Å²) in [5.74, 6) is -3.02. The summed E-state index contributed by atoms with van der Waals surface area (Å²) in [6.07, 6.45) is 0. The predicted octanol–water partition coefficient (Wildman–Crippen LogP) is 3.16. The second-order valence-electron chi connectivity index (χ2n) is 3.91. The quantitative estimate of drug-likeness (QED) is 0.908. The first-order valence-electron chi connectivity index (χ1n) is 5.29. The molecule has 7 heteroatoms. The first kappa shape index (κ1) is 13.2. The molecule has 0 fully saturated rings. The van der Waals surface area contributed by atoms with Crippen LogP contribution in [0.15, 0.2) is 29.1 Å². The molecule has 0 saturated heterocycles. The van der Waals surface area contributed by atoms with Gasteiger partial charge in [-0.3, -0.25) is 9.17 Å². The minimum Gasteiger partial charge on any atom is -0.344 e. The van der Waals surface area contributed by atoms with Crippen molar-refractivity contribution in [2.45, 2.75) is 12.8 Å². The predicted molar refractivity (Wildman–Crippen MR) is 68.9 cm³/mol. The topological polar surface area (TPSA) is 68.7 Å². The van der Waals surface area contributed by atoms with E-state index in [1.165, 1.54) is 18.2 Å². The average Bonchev–Trinajstić information content (AvgIpc) is 2.69. The molecule has 0 aliphatic rings. The number of alkyl halides is 2. The van der Waals surface area contributed by atoms with E-state index < -0.39 is 11.5 Å². The number of anilines is 2. The molecule has 0 unspecified atom stereocenters. The van der Waals surface area contributed by atoms with Crippen molar-refractivity contribution >= 4 is 22.2 Å². The molecule has 2 rings (SSSR count). The van der Waals surface area contributed by atoms with Crippen LogP contribution >= 0.6 is 11.5 Å². The molecule has 2 aromatic rings. The number of H-pyrrole nitrogens is 1. The molecule has 19 heavy (non-hydrogen) atoms. The van der Waals surface area contributed by atoms with Crippen LogP contribution in [0.3, 0.4) is 0 Å². The second-order valence-corrected chi connectivity index (χ2v) is 4.72. The van der Waals surface area contributed by atoms with Crippen LogP contribution in [0.25, 0.3) is 0 Å². The third-order valence-corrected chi connectivity index (χ3v) is 3.26. The fraction of sp³-hybridized carbons (Fsp3) is 0.167. The molecule has 0 bridgehead atoms. The lowest BCUT2D eigenvalue weighted by Gasteiger charge is -2.16. The Labute approximate surface area is 111 Å². The Morgan fingerprint density at radius 2 is 2.11 bits per heavy atom. The van der Waals surface area contributed by atoms with E-state index in [-0.39, 0.29) is 21.8 Å². The number of rotatable bonds is 3. The highest BCUT2D eigenvalue weighted by Crippen LogP contribution is 2.35. The molecule has 2 N–H and O–H groups in total. The van der Waals surface area contributed by atoms with Crippen molar-refractivity contribution in [1.82, 2.24) is 4.37 Å². The van der Waals surface area contributed by atoms with Crippen LogP contribution in [-0.4, -0.2) is 4.37 Å². The molecule has 4 nitrogen and oxygen atoms in total. The summed E-state index contributed by atoms with van der Waals surface area (Å²) >= 11 is 0.899. The van der Waals surface area contributed by atoms with Gasteiger partial charge in [0.1, 0.15) is 11.1 Å². The summed E-state index contributed by atoms with van der Waals surface area (Å²) in [5, 5.41) is 11.8. The van der Waals surface area contributed by atoms with Gasteiger partial charge in [0.25, 0.3) is 11.5 Å². The molecule has 0 spiro atoms. The van der Waals surface area contributed by atoms with Crippen LogP contribution in [0.2, 0.25) is 0 Å². The molecular formula is C12H9F2N3OS. The van der Waals surface area contributed by atoms with Gasteiger partial charge in [-0.15, -0.1) is 0 Å². The van der Waals surface area contributed by atoms with Crippen LogP contribution in [0.4, 0.5) is 19.5 Å². The average molecular weight is 281 g/mol. The van der Waals surface area contributed by atoms with E-state index in [4.69, 9.17) is 5.26 Å². The van der Waals surface area contributed by atoms with Crippen LogP contribution < -0.4 is 10.9 Å². The fourth-order valence-corrected chi connectivity index (χ4v) is 2.29. The first-order chi connectivity index (χ1) is 8.93. The summed E-state index contributed by atoms with van der Waals surface area (Å²) in [6, 6.07) is 7.60. The number of nitrogens with zero attached hydrogens (tertiary/aromatic N) is 1. The Bertz CT molecular complexity index is 694. The SMILES string of the molecule is CC(F)(F)c1ccccc1Nc1s[nH]c(=O)c1C#N. The highest BCUT2D eigenvalue weighted by molar-refractivity contribution is 7.10. The van der Waals surface area contributed by atoms with E-state index in [1.807, 2.05) is 0 Å². The van der Waals surface area contributed by atoms with Gasteiger partial charge in [0.2, 0.25) is 0 Å². The smallest absolute Gasteiger partial charge is 0.278 e. The van der Waals surface area contributed by atoms with Gasteiger partial charge in [0.15, 0.2) is 5.56 Å². The van der Waals surface area contributed by atoms with Crippen LogP contribution in [-0.2, 0) is 5.92 Å². The van der Waals surface area contributed by atoms with Gasteiger partial charge < -0.3 is 5.32 Å². The molecule has 0 atom stereocenters. The van der Waals surface area contributed by atoms with Crippen LogP contribution in [0.1, 0.15) is 18.1 Å². The number of benzene rings is 1. The maximum atomic E-state index is 13.4. The molecule has 0 radical (unpaired) electrons. The zero-order valence-electron chi connectivity index (χ0n) is 9.83. The maximum absolute atomic E-state index is 13.4. The minimum absolute atomic E-state index is 0.112. The highest BCUT2D eigenvalue weighted by Gasteiger charge is 2.27. The molecule has 0 amide bonds. The number of aromatic nitrogens is 1. The number of halogens is 2. The zero-order chi connectivity index (χ0) is 14.0. The van der Waals surface area contributed by atoms with E-state index in [9.17, 15) is 13.6 Å². The van der Waals surface area contributed by atoms with Crippen molar-refractivity contribution in [1.29, 1.82) is 5.26 Å². The summed E-state index contributed by atoms with van der Waals surface area (Å²) in [4.78, 5) is 11.3. The van der Waals surface area contributed by atoms with E-state index in [0.717, 1.165) is 18.5 Å². The Morgan fingerprint density at radius 1 is 1.42 bits per heavy atom. The number of aromatic amines is 1. The van der Waals surface area contributed by atoms with Crippen LogP contribution in [0, 0.1) is 11.3 Å². The van der Waals surface area contributed by atoms with Crippen molar-refractivity contribution in [3.05, 3.63) is 45.7 Å². The van der Waals surface area contributed by atoms with Gasteiger partial charge in [-0.2, -0.15) is 5.26 Å². The summed E-state index contributed by atoms with van der Waals surface area (Å²) < 4.78 is 29.2. The number of hydrogen-bond acceptors (Lipinski definition) is 4. The van der Waals surface area contributed by atoms with E-state index in [2.05, 4.69) is 9.69 Å². The number of hydrogen-bond donors (Lipinski definition) is 2. The Balaban J connectivity index is 2.45. The number of nitriles is 1. The molecule has 1 heterocycles. The van der Waals surface area contributed by atoms with E-state index in [0.29, 0.717) is 0 Å². The van der Waals surface area contributed by atoms with Gasteiger partial charge in [-0.05, 0) is 17.6 Å². The maximum Gasteiger partial charge on any atom is 0.278 e. The molecule has 98 valence electrons. The van der Waals surface area contributed by atoms with Crippen molar-refractivity contribution in [2.24, 2.45) is 0 Å². The van der Waals surface area contributed by atoms with E-state index in [1.54, 1.807) is 12.1 Å². The van der Waals surface area contributed by atoms with Gasteiger partial charge in [0.05, 0.1) is 0 Å². The van der Waals surface area contributed by atoms with Crippen molar-refractivity contribution in [3.8, 4) is 6.07 Å². The molecule has 0 aliphatic carbocycles. The number of nitrogens with one attached hydrogen (secondary N) is 2. The fourth-order valence-electron chi connectivity index (χ4n) is 1.59. The lowest BCUT2D eigenvalue weighted by atomic mass is 10.1. The van der Waals surface area contributed by atoms with Gasteiger partial charge in [-0.1, -0.05) is 18.2 Å². The molecule has 0 saturated carbocycles. The normalized spacial score (nSPS) is 11.1. The number of para-hydroxylation sites is 1. The standard InChI is InChI=1S/C12H9F2N3OS/c1-12(13,14)8-4-2-3-5-9(8)16-11-7(6-15)10(18)17-19-11/h2-5,16H,1H3,(H,17,18). The van der Waals surface area contributed by atoms with Gasteiger partial charge in [-0.25, -0.2) is 8.78 Å². The van der Waals surface area contributed by atoms with Gasteiger partial charge in [0, 0.05) is 18.2 Å². The Morgan fingerprint density at radius 3 is 2.74 bits per heavy atom. The minimum atomic E-state index is -3.02. The summed E-state index contributed by atoms with van der Waals surface area (Å²) in [5.41, 5.74) is -0.670. The second kappa shape index (κ2) is 4.82. The largest absolute Gasteiger partial charge is 0.344 e. The summed E-state index contributed by atoms with van der Waals surface area (Å²) in [7, 11) is 0. The van der Waals surface area contributed by atoms with Crippen molar-refractivity contribution < 1.29 is 8.78 Å². The summed E-state index contributed by atoms with van der Waals surface area (Å²) in [6.45, 7) is 0.790. The molecular weight excluding hydrogens is 272 g/mol. The van der Waals surface area contributed by atoms with Crippen molar-refractivity contribution in [3.63, 3.8) is 0 Å². The highest BCUT2D eigenvalue weighted by atomic mass is 32.1. The lowest BCUT2D eigenvalue weighted by molar-refractivity contribution is 0.0183. The lowest BCUT2D eigenvalue weighted by Crippen LogP contribution is -2.10. The first-order valence-corrected chi connectivity index (χ1v) is 6.11. The molecule has 0 aliphatic heterocycles. The van der Waals surface area contributed by atoms with Crippen LogP contribution in [0.5, 0.6) is 0 Å². The van der Waals surface area contributed by atoms with Crippen molar-refractivity contribution in [2.75, 3.05) is 5.32 Å². The third kappa shape index (κ3) is 2.63. The van der Waals surface area contributed by atoms with E-state index >= 15 is 0 Å². The molecule has 1 aromatic carbocycles. The monoisotopic (exact) mass is 281 g/mol. The molecule has 1 aromatic heterocycles. The van der Waals surface area contributed by atoms with Gasteiger partial charge >= 0.3 is 0 Å². The Hall–Kier alpha value is -2.20. The zero-order valence-corrected chi connectivity index (χ0v) is 10.6. The third-order valence-electron chi connectivity index (χ3n) is 2.46.